The van der Waals surface area contributed by atoms with Crippen molar-refractivity contribution in [2.24, 2.45) is 0 Å². The van der Waals surface area contributed by atoms with Gasteiger partial charge in [-0.3, -0.25) is 4.79 Å². The van der Waals surface area contributed by atoms with Crippen LogP contribution in [-0.2, 0) is 14.8 Å². The molecule has 0 bridgehead atoms. The number of nitrogens with zero attached hydrogens (tertiary/aromatic N) is 3. The van der Waals surface area contributed by atoms with Crippen molar-refractivity contribution < 1.29 is 22.7 Å². The van der Waals surface area contributed by atoms with Gasteiger partial charge in [-0.2, -0.15) is 0 Å². The van der Waals surface area contributed by atoms with Crippen molar-refractivity contribution in [1.29, 1.82) is 0 Å². The minimum atomic E-state index is -3.52. The highest BCUT2D eigenvalue weighted by atomic mass is 32.2. The molecule has 2 rings (SSSR count). The van der Waals surface area contributed by atoms with E-state index in [-0.39, 0.29) is 10.8 Å². The van der Waals surface area contributed by atoms with Crippen LogP contribution in [0.25, 0.3) is 0 Å². The Morgan fingerprint density at radius 1 is 1.00 bits per heavy atom. The molecule has 0 saturated carbocycles. The van der Waals surface area contributed by atoms with Crippen LogP contribution in [0.3, 0.4) is 0 Å². The first-order valence-corrected chi connectivity index (χ1v) is 9.36. The van der Waals surface area contributed by atoms with E-state index >= 15 is 0 Å². The number of hydrogen-bond acceptors (Lipinski definition) is 5. The quantitative estimate of drug-likeness (QED) is 0.788. The van der Waals surface area contributed by atoms with E-state index in [0.29, 0.717) is 38.2 Å². The zero-order valence-corrected chi connectivity index (χ0v) is 15.5. The van der Waals surface area contributed by atoms with Gasteiger partial charge >= 0.3 is 6.09 Å². The maximum atomic E-state index is 12.6. The maximum absolute atomic E-state index is 12.6. The molecule has 0 aliphatic carbocycles. The number of carbonyl (C=O) groups is 2. The van der Waals surface area contributed by atoms with E-state index in [1.165, 1.54) is 45.5 Å². The summed E-state index contributed by atoms with van der Waals surface area (Å²) in [6.45, 7) is 1.89. The van der Waals surface area contributed by atoms with E-state index in [9.17, 15) is 18.0 Å². The smallest absolute Gasteiger partial charge is 0.409 e. The number of carbonyl (C=O) groups excluding carboxylic acids is 2. The van der Waals surface area contributed by atoms with Crippen molar-refractivity contribution in [1.82, 2.24) is 14.1 Å². The summed E-state index contributed by atoms with van der Waals surface area (Å²) in [6.07, 6.45) is 0.265. The van der Waals surface area contributed by atoms with Gasteiger partial charge in [-0.15, -0.1) is 0 Å². The molecule has 1 fully saturated rings. The van der Waals surface area contributed by atoms with E-state index in [0.717, 1.165) is 4.31 Å². The average molecular weight is 369 g/mol. The standard InChI is InChI=1S/C16H23N3O5S/c1-17(2)25(22,23)14-7-5-13(6-8-14)15(20)18-9-4-10-19(12-11-18)16(21)24-3/h5-8H,4,9-12H2,1-3H3. The normalized spacial score (nSPS) is 15.8. The number of rotatable bonds is 3. The predicted molar refractivity (Wildman–Crippen MR) is 91.8 cm³/mol. The Morgan fingerprint density at radius 2 is 1.56 bits per heavy atom. The summed E-state index contributed by atoms with van der Waals surface area (Å²) in [5, 5.41) is 0. The minimum absolute atomic E-state index is 0.141. The largest absolute Gasteiger partial charge is 0.453 e. The second kappa shape index (κ2) is 7.83. The summed E-state index contributed by atoms with van der Waals surface area (Å²) < 4.78 is 30.0. The van der Waals surface area contributed by atoms with Gasteiger partial charge in [-0.25, -0.2) is 17.5 Å². The fraction of sp³-hybridized carbons (Fsp3) is 0.500. The van der Waals surface area contributed by atoms with Crippen LogP contribution < -0.4 is 0 Å². The molecular weight excluding hydrogens is 346 g/mol. The molecule has 1 aliphatic heterocycles. The molecule has 0 spiro atoms. The minimum Gasteiger partial charge on any atom is -0.453 e. The van der Waals surface area contributed by atoms with Crippen molar-refractivity contribution in [2.45, 2.75) is 11.3 Å². The summed E-state index contributed by atoms with van der Waals surface area (Å²) in [6, 6.07) is 5.89. The third kappa shape index (κ3) is 4.29. The molecule has 1 aromatic rings. The van der Waals surface area contributed by atoms with E-state index in [2.05, 4.69) is 0 Å². The molecule has 1 aromatic carbocycles. The molecule has 1 heterocycles. The SMILES string of the molecule is COC(=O)N1CCCN(C(=O)c2ccc(S(=O)(=O)N(C)C)cc2)CC1. The summed E-state index contributed by atoms with van der Waals surface area (Å²) >= 11 is 0. The molecule has 0 aromatic heterocycles. The third-order valence-corrected chi connectivity index (χ3v) is 5.93. The number of hydrogen-bond donors (Lipinski definition) is 0. The molecule has 9 heteroatoms. The van der Waals surface area contributed by atoms with Crippen molar-refractivity contribution in [3.05, 3.63) is 29.8 Å². The van der Waals surface area contributed by atoms with Gasteiger partial charge in [0.15, 0.2) is 0 Å². The van der Waals surface area contributed by atoms with Crippen LogP contribution in [0.1, 0.15) is 16.8 Å². The number of ether oxygens (including phenoxy) is 1. The van der Waals surface area contributed by atoms with Crippen LogP contribution in [0.2, 0.25) is 0 Å². The molecule has 0 atom stereocenters. The molecule has 138 valence electrons. The molecule has 2 amide bonds. The van der Waals surface area contributed by atoms with Crippen molar-refractivity contribution in [2.75, 3.05) is 47.4 Å². The molecule has 1 saturated heterocycles. The number of methoxy groups -OCH3 is 1. The first-order valence-electron chi connectivity index (χ1n) is 7.92. The summed E-state index contributed by atoms with van der Waals surface area (Å²) in [5.41, 5.74) is 0.421. The van der Waals surface area contributed by atoms with Crippen LogP contribution >= 0.6 is 0 Å². The lowest BCUT2D eigenvalue weighted by atomic mass is 10.2. The Morgan fingerprint density at radius 3 is 2.12 bits per heavy atom. The maximum Gasteiger partial charge on any atom is 0.409 e. The topological polar surface area (TPSA) is 87.2 Å². The zero-order chi connectivity index (χ0) is 18.6. The van der Waals surface area contributed by atoms with Crippen molar-refractivity contribution >= 4 is 22.0 Å². The fourth-order valence-corrected chi connectivity index (χ4v) is 3.50. The average Bonchev–Trinajstić information content (AvgIpc) is 2.86. The van der Waals surface area contributed by atoms with Crippen LogP contribution in [0.5, 0.6) is 0 Å². The van der Waals surface area contributed by atoms with E-state index in [4.69, 9.17) is 4.74 Å². The zero-order valence-electron chi connectivity index (χ0n) is 14.6. The van der Waals surface area contributed by atoms with Crippen molar-refractivity contribution in [3.8, 4) is 0 Å². The monoisotopic (exact) mass is 369 g/mol. The fourth-order valence-electron chi connectivity index (χ4n) is 2.60. The van der Waals surface area contributed by atoms with Gasteiger partial charge in [-0.05, 0) is 30.7 Å². The Labute approximate surface area is 148 Å². The van der Waals surface area contributed by atoms with Gasteiger partial charge in [0.2, 0.25) is 10.0 Å². The van der Waals surface area contributed by atoms with E-state index in [1.54, 1.807) is 9.80 Å². The van der Waals surface area contributed by atoms with Gasteiger partial charge in [0.1, 0.15) is 0 Å². The third-order valence-electron chi connectivity index (χ3n) is 4.10. The Bertz CT molecular complexity index is 731. The first kappa shape index (κ1) is 19.2. The lowest BCUT2D eigenvalue weighted by molar-refractivity contribution is 0.0757. The highest BCUT2D eigenvalue weighted by molar-refractivity contribution is 7.89. The molecule has 25 heavy (non-hydrogen) atoms. The van der Waals surface area contributed by atoms with Crippen LogP contribution in [-0.4, -0.2) is 81.9 Å². The number of sulfonamides is 1. The van der Waals surface area contributed by atoms with Gasteiger partial charge < -0.3 is 14.5 Å². The molecule has 8 nitrogen and oxygen atoms in total. The Balaban J connectivity index is 2.09. The van der Waals surface area contributed by atoms with Crippen LogP contribution in [0.4, 0.5) is 4.79 Å². The highest BCUT2D eigenvalue weighted by Crippen LogP contribution is 2.16. The van der Waals surface area contributed by atoms with Gasteiger partial charge in [0, 0.05) is 45.8 Å². The molecule has 0 radical (unpaired) electrons. The van der Waals surface area contributed by atoms with Crippen LogP contribution in [0.15, 0.2) is 29.2 Å². The first-order chi connectivity index (χ1) is 11.8. The molecule has 1 aliphatic rings. The molecular formula is C16H23N3O5S. The molecule has 0 N–H and O–H groups in total. The van der Waals surface area contributed by atoms with Crippen molar-refractivity contribution in [3.63, 3.8) is 0 Å². The summed E-state index contributed by atoms with van der Waals surface area (Å²) in [4.78, 5) is 27.6. The number of amides is 2. The predicted octanol–water partition coefficient (Wildman–Crippen LogP) is 0.851. The molecule has 0 unspecified atom stereocenters. The van der Waals surface area contributed by atoms with Gasteiger partial charge in [-0.1, -0.05) is 0 Å². The number of benzene rings is 1. The van der Waals surface area contributed by atoms with Crippen LogP contribution in [0, 0.1) is 0 Å². The Kier molecular flexibility index (Phi) is 6.02. The highest BCUT2D eigenvalue weighted by Gasteiger charge is 2.24. The lowest BCUT2D eigenvalue weighted by Gasteiger charge is -2.21. The lowest BCUT2D eigenvalue weighted by Crippen LogP contribution is -2.37. The second-order valence-corrected chi connectivity index (χ2v) is 8.07. The Hall–Kier alpha value is -2.13. The second-order valence-electron chi connectivity index (χ2n) is 5.91. The van der Waals surface area contributed by atoms with E-state index in [1.807, 2.05) is 0 Å². The summed E-state index contributed by atoms with van der Waals surface area (Å²) in [7, 11) is 0.727. The van der Waals surface area contributed by atoms with Gasteiger partial charge in [0.05, 0.1) is 12.0 Å². The summed E-state index contributed by atoms with van der Waals surface area (Å²) in [5.74, 6) is -0.180. The van der Waals surface area contributed by atoms with Gasteiger partial charge in [0.25, 0.3) is 5.91 Å². The van der Waals surface area contributed by atoms with E-state index < -0.39 is 16.1 Å².